The number of aliphatic carboxylic acids is 2. The maximum Gasteiger partial charge on any atom is 0.323 e. The molecule has 1 aliphatic rings. The smallest absolute Gasteiger partial charge is 0.323 e. The Morgan fingerprint density at radius 3 is 1.71 bits per heavy atom. The summed E-state index contributed by atoms with van der Waals surface area (Å²) in [5.41, 5.74) is 0. The summed E-state index contributed by atoms with van der Waals surface area (Å²) < 4.78 is 0. The van der Waals surface area contributed by atoms with Crippen molar-refractivity contribution in [1.29, 1.82) is 0 Å². The molecule has 92 valence electrons. The van der Waals surface area contributed by atoms with Crippen LogP contribution in [-0.2, 0) is 19.2 Å². The summed E-state index contributed by atoms with van der Waals surface area (Å²) in [6, 6.07) is 0. The van der Waals surface area contributed by atoms with Gasteiger partial charge in [0.15, 0.2) is 5.11 Å². The minimum Gasteiger partial charge on any atom is -0.480 e. The number of carbonyl (C=O) groups is 4. The van der Waals surface area contributed by atoms with Crippen LogP contribution in [0.5, 0.6) is 0 Å². The molecular weight excluding hydrogens is 252 g/mol. The molecule has 9 heteroatoms. The highest BCUT2D eigenvalue weighted by molar-refractivity contribution is 7.80. The van der Waals surface area contributed by atoms with Gasteiger partial charge in [-0.05, 0) is 12.2 Å². The molecule has 1 rings (SSSR count). The standard InChI is InChI=1S/C8H8N2O6S/c11-4-1-5(12)10(3-7(15)16)8(17)9(4)2-6(13)14/h1-3H2,(H,13,14)(H,15,16). The quantitative estimate of drug-likeness (QED) is 0.467. The van der Waals surface area contributed by atoms with Gasteiger partial charge >= 0.3 is 11.9 Å². The van der Waals surface area contributed by atoms with Crippen LogP contribution >= 0.6 is 12.2 Å². The number of nitrogens with zero attached hydrogens (tertiary/aromatic N) is 2. The van der Waals surface area contributed by atoms with Gasteiger partial charge in [-0.2, -0.15) is 0 Å². The Balaban J connectivity index is 2.90. The third-order valence-electron chi connectivity index (χ3n) is 1.95. The molecular formula is C8H8N2O6S. The Bertz CT molecular complexity index is 384. The molecule has 0 aromatic heterocycles. The van der Waals surface area contributed by atoms with Gasteiger partial charge in [-0.3, -0.25) is 29.0 Å². The van der Waals surface area contributed by atoms with Gasteiger partial charge in [0.05, 0.1) is 0 Å². The number of thiocarbonyl (C=S) groups is 1. The van der Waals surface area contributed by atoms with Crippen molar-refractivity contribution in [2.24, 2.45) is 0 Å². The highest BCUT2D eigenvalue weighted by atomic mass is 32.1. The second-order valence-corrected chi connectivity index (χ2v) is 3.57. The molecule has 0 spiro atoms. The molecule has 8 nitrogen and oxygen atoms in total. The van der Waals surface area contributed by atoms with Crippen LogP contribution in [0.15, 0.2) is 0 Å². The van der Waals surface area contributed by atoms with Gasteiger partial charge in [0.2, 0.25) is 11.8 Å². The molecule has 0 unspecified atom stereocenters. The lowest BCUT2D eigenvalue weighted by molar-refractivity contribution is -0.149. The Morgan fingerprint density at radius 2 is 1.41 bits per heavy atom. The van der Waals surface area contributed by atoms with Crippen LogP contribution in [-0.4, -0.2) is 62.0 Å². The fraction of sp³-hybridized carbons (Fsp3) is 0.375. The first-order valence-corrected chi connectivity index (χ1v) is 4.82. The first kappa shape index (κ1) is 13.0. The van der Waals surface area contributed by atoms with E-state index >= 15 is 0 Å². The molecule has 0 saturated carbocycles. The number of hydrogen-bond acceptors (Lipinski definition) is 5. The molecule has 1 saturated heterocycles. The summed E-state index contributed by atoms with van der Waals surface area (Å²) in [5, 5.41) is 16.7. The fourth-order valence-electron chi connectivity index (χ4n) is 1.26. The lowest BCUT2D eigenvalue weighted by Gasteiger charge is -2.33. The molecule has 0 aromatic carbocycles. The maximum absolute atomic E-state index is 11.4. The minimum atomic E-state index is -1.30. The van der Waals surface area contributed by atoms with Gasteiger partial charge in [-0.15, -0.1) is 0 Å². The lowest BCUT2D eigenvalue weighted by atomic mass is 10.2. The van der Waals surface area contributed by atoms with Crippen LogP contribution in [0.2, 0.25) is 0 Å². The van der Waals surface area contributed by atoms with Crippen molar-refractivity contribution in [3.63, 3.8) is 0 Å². The zero-order chi connectivity index (χ0) is 13.2. The Labute approximate surface area is 100 Å². The number of carboxylic acids is 2. The summed E-state index contributed by atoms with van der Waals surface area (Å²) in [4.78, 5) is 45.1. The van der Waals surface area contributed by atoms with E-state index in [1.54, 1.807) is 0 Å². The molecule has 1 fully saturated rings. The summed E-state index contributed by atoms with van der Waals surface area (Å²) in [6.07, 6.45) is -0.583. The summed E-state index contributed by atoms with van der Waals surface area (Å²) >= 11 is 4.72. The van der Waals surface area contributed by atoms with E-state index in [4.69, 9.17) is 22.4 Å². The van der Waals surface area contributed by atoms with E-state index in [0.29, 0.717) is 9.80 Å². The third kappa shape index (κ3) is 2.97. The Morgan fingerprint density at radius 1 is 1.06 bits per heavy atom. The largest absolute Gasteiger partial charge is 0.480 e. The van der Waals surface area contributed by atoms with Crippen molar-refractivity contribution in [2.45, 2.75) is 6.42 Å². The number of hydrogen-bond donors (Lipinski definition) is 2. The van der Waals surface area contributed by atoms with Gasteiger partial charge in [0.1, 0.15) is 19.5 Å². The van der Waals surface area contributed by atoms with Gasteiger partial charge in [-0.25, -0.2) is 0 Å². The topological polar surface area (TPSA) is 115 Å². The predicted molar refractivity (Wildman–Crippen MR) is 55.9 cm³/mol. The summed E-state index contributed by atoms with van der Waals surface area (Å²) in [6.45, 7) is -1.39. The van der Waals surface area contributed by atoms with E-state index in [1.807, 2.05) is 0 Å². The van der Waals surface area contributed by atoms with Crippen molar-refractivity contribution in [3.05, 3.63) is 0 Å². The Kier molecular flexibility index (Phi) is 3.73. The first-order valence-electron chi connectivity index (χ1n) is 4.41. The van der Waals surface area contributed by atoms with Crippen molar-refractivity contribution in [3.8, 4) is 0 Å². The van der Waals surface area contributed by atoms with Crippen LogP contribution in [0.1, 0.15) is 6.42 Å². The van der Waals surface area contributed by atoms with E-state index in [9.17, 15) is 19.2 Å². The number of carboxylic acid groups (broad SMARTS) is 2. The molecule has 0 radical (unpaired) electrons. The van der Waals surface area contributed by atoms with Crippen LogP contribution in [0, 0.1) is 0 Å². The van der Waals surface area contributed by atoms with Gasteiger partial charge in [0, 0.05) is 0 Å². The first-order chi connectivity index (χ1) is 7.82. The van der Waals surface area contributed by atoms with Crippen LogP contribution < -0.4 is 0 Å². The van der Waals surface area contributed by atoms with Gasteiger partial charge in [0.25, 0.3) is 0 Å². The average molecular weight is 260 g/mol. The number of carbonyl (C=O) groups excluding carboxylic acids is 2. The molecule has 0 aromatic rings. The van der Waals surface area contributed by atoms with E-state index in [1.165, 1.54) is 0 Å². The van der Waals surface area contributed by atoms with E-state index in [2.05, 4.69) is 0 Å². The van der Waals surface area contributed by atoms with E-state index < -0.39 is 48.4 Å². The third-order valence-corrected chi connectivity index (χ3v) is 2.39. The second-order valence-electron chi connectivity index (χ2n) is 3.21. The highest BCUT2D eigenvalue weighted by Gasteiger charge is 2.36. The van der Waals surface area contributed by atoms with Crippen molar-refractivity contribution in [2.75, 3.05) is 13.1 Å². The SMILES string of the molecule is O=C(O)CN1C(=O)CC(=O)N(CC(=O)O)C1=S. The molecule has 0 aliphatic carbocycles. The average Bonchev–Trinajstić information content (AvgIpc) is 2.18. The lowest BCUT2D eigenvalue weighted by Crippen LogP contribution is -2.57. The molecule has 2 amide bonds. The Hall–Kier alpha value is -2.03. The fourth-order valence-corrected chi connectivity index (χ4v) is 1.59. The molecule has 17 heavy (non-hydrogen) atoms. The maximum atomic E-state index is 11.4. The van der Waals surface area contributed by atoms with Crippen LogP contribution in [0.25, 0.3) is 0 Å². The van der Waals surface area contributed by atoms with Gasteiger partial charge in [-0.1, -0.05) is 0 Å². The van der Waals surface area contributed by atoms with E-state index in [-0.39, 0.29) is 0 Å². The monoisotopic (exact) mass is 260 g/mol. The van der Waals surface area contributed by atoms with Crippen LogP contribution in [0.3, 0.4) is 0 Å². The summed E-state index contributed by atoms with van der Waals surface area (Å²) in [7, 11) is 0. The highest BCUT2D eigenvalue weighted by Crippen LogP contribution is 2.12. The van der Waals surface area contributed by atoms with Crippen molar-refractivity contribution in [1.82, 2.24) is 9.80 Å². The minimum absolute atomic E-state index is 0.393. The van der Waals surface area contributed by atoms with Gasteiger partial charge < -0.3 is 10.2 Å². The van der Waals surface area contributed by atoms with E-state index in [0.717, 1.165) is 0 Å². The second kappa shape index (κ2) is 4.87. The molecule has 2 N–H and O–H groups in total. The zero-order valence-corrected chi connectivity index (χ0v) is 9.27. The van der Waals surface area contributed by atoms with Crippen molar-refractivity contribution >= 4 is 41.1 Å². The zero-order valence-electron chi connectivity index (χ0n) is 8.45. The number of rotatable bonds is 4. The molecule has 0 bridgehead atoms. The van der Waals surface area contributed by atoms with Crippen molar-refractivity contribution < 1.29 is 29.4 Å². The number of amides is 2. The summed E-state index contributed by atoms with van der Waals surface area (Å²) in [5.74, 6) is -4.09. The molecule has 1 aliphatic heterocycles. The van der Waals surface area contributed by atoms with Crippen LogP contribution in [0.4, 0.5) is 0 Å². The predicted octanol–water partition coefficient (Wildman–Crippen LogP) is -1.50. The molecule has 1 heterocycles. The normalized spacial score (nSPS) is 16.4. The molecule has 0 atom stereocenters.